The molecule has 0 saturated heterocycles. The lowest BCUT2D eigenvalue weighted by Gasteiger charge is -2.13. The summed E-state index contributed by atoms with van der Waals surface area (Å²) < 4.78 is 17.1. The first-order valence-corrected chi connectivity index (χ1v) is 11.4. The van der Waals surface area contributed by atoms with Crippen molar-refractivity contribution < 1.29 is 9.18 Å². The molecule has 0 atom stereocenters. The Balaban J connectivity index is 1.57. The number of nitrogens with zero attached hydrogens (tertiary/aromatic N) is 6. The van der Waals surface area contributed by atoms with Crippen LogP contribution in [0.25, 0.3) is 11.4 Å². The number of aryl methyl sites for hydroxylation is 2. The van der Waals surface area contributed by atoms with Crippen molar-refractivity contribution in [2.45, 2.75) is 32.9 Å². The van der Waals surface area contributed by atoms with E-state index in [2.05, 4.69) is 26.9 Å². The lowest BCUT2D eigenvalue weighted by Crippen LogP contribution is -2.18. The Kier molecular flexibility index (Phi) is 6.47. The van der Waals surface area contributed by atoms with Crippen molar-refractivity contribution >= 4 is 23.5 Å². The molecular weight excluding hydrogens is 453 g/mol. The molecule has 34 heavy (non-hydrogen) atoms. The van der Waals surface area contributed by atoms with Gasteiger partial charge >= 0.3 is 0 Å². The van der Waals surface area contributed by atoms with Gasteiger partial charge in [-0.15, -0.1) is 5.10 Å². The number of benzene rings is 2. The van der Waals surface area contributed by atoms with Crippen LogP contribution in [-0.4, -0.2) is 36.4 Å². The molecule has 0 fully saturated rings. The molecule has 2 aromatic heterocycles. The van der Waals surface area contributed by atoms with Crippen LogP contribution >= 0.6 is 11.8 Å². The molecule has 2 heterocycles. The Morgan fingerprint density at radius 2 is 1.91 bits per heavy atom. The molecule has 10 heteroatoms. The molecule has 0 aliphatic rings. The fourth-order valence-electron chi connectivity index (χ4n) is 3.59. The summed E-state index contributed by atoms with van der Waals surface area (Å²) in [5, 5.41) is 24.8. The quantitative estimate of drug-likeness (QED) is 0.414. The van der Waals surface area contributed by atoms with Crippen molar-refractivity contribution in [2.75, 3.05) is 11.1 Å². The smallest absolute Gasteiger partial charge is 0.236 e. The minimum Gasteiger partial charge on any atom is -0.310 e. The average molecular weight is 476 g/mol. The van der Waals surface area contributed by atoms with E-state index in [0.717, 1.165) is 22.5 Å². The molecule has 0 saturated carbocycles. The molecule has 1 N–H and O–H groups in total. The third kappa shape index (κ3) is 4.43. The number of halogens is 1. The van der Waals surface area contributed by atoms with Crippen LogP contribution in [0.1, 0.15) is 27.9 Å². The molecule has 1 amide bonds. The highest BCUT2D eigenvalue weighted by molar-refractivity contribution is 7.99. The molecule has 0 aliphatic carbocycles. The van der Waals surface area contributed by atoms with E-state index in [9.17, 15) is 14.4 Å². The third-order valence-electron chi connectivity index (χ3n) is 5.66. The predicted molar refractivity (Wildman–Crippen MR) is 128 cm³/mol. The number of anilines is 1. The van der Waals surface area contributed by atoms with E-state index >= 15 is 0 Å². The topological polar surface area (TPSA) is 101 Å². The van der Waals surface area contributed by atoms with Gasteiger partial charge in [0.05, 0.1) is 22.7 Å². The number of carbonyl (C=O) groups excluding carboxylic acids is 1. The van der Waals surface area contributed by atoms with Crippen LogP contribution in [0.2, 0.25) is 0 Å². The molecule has 2 aromatic carbocycles. The van der Waals surface area contributed by atoms with Crippen LogP contribution in [0.5, 0.6) is 0 Å². The zero-order chi connectivity index (χ0) is 24.4. The number of rotatable bonds is 6. The zero-order valence-electron chi connectivity index (χ0n) is 19.1. The van der Waals surface area contributed by atoms with Crippen LogP contribution in [0.3, 0.4) is 0 Å². The molecule has 0 spiro atoms. The molecule has 0 bridgehead atoms. The summed E-state index contributed by atoms with van der Waals surface area (Å²) in [6.07, 6.45) is 0. The Hall–Kier alpha value is -3.97. The number of thioether (sulfide) groups is 1. The normalized spacial score (nSPS) is 10.8. The maximum atomic E-state index is 13.9. The number of carbonyl (C=O) groups is 1. The lowest BCUT2D eigenvalue weighted by atomic mass is 10.1. The summed E-state index contributed by atoms with van der Waals surface area (Å²) >= 11 is 1.18. The monoisotopic (exact) mass is 475 g/mol. The molecule has 0 aliphatic heterocycles. The molecule has 172 valence electrons. The van der Waals surface area contributed by atoms with Gasteiger partial charge in [0.2, 0.25) is 11.1 Å². The zero-order valence-corrected chi connectivity index (χ0v) is 19.9. The van der Waals surface area contributed by atoms with E-state index in [1.807, 2.05) is 39.0 Å². The lowest BCUT2D eigenvalue weighted by molar-refractivity contribution is -0.113. The molecule has 4 aromatic rings. The van der Waals surface area contributed by atoms with Crippen LogP contribution in [0.4, 0.5) is 10.2 Å². The van der Waals surface area contributed by atoms with Gasteiger partial charge in [0.15, 0.2) is 0 Å². The number of aromatic nitrogens is 5. The first kappa shape index (κ1) is 23.2. The number of hydrogen-bond acceptors (Lipinski definition) is 6. The summed E-state index contributed by atoms with van der Waals surface area (Å²) in [7, 11) is 0. The minimum atomic E-state index is -0.409. The minimum absolute atomic E-state index is 0.0164. The van der Waals surface area contributed by atoms with E-state index in [0.29, 0.717) is 27.8 Å². The number of nitriles is 1. The van der Waals surface area contributed by atoms with Crippen molar-refractivity contribution in [1.82, 2.24) is 24.8 Å². The maximum Gasteiger partial charge on any atom is 0.236 e. The Labute approximate surface area is 200 Å². The van der Waals surface area contributed by atoms with Gasteiger partial charge in [0, 0.05) is 5.69 Å². The summed E-state index contributed by atoms with van der Waals surface area (Å²) in [5.41, 5.74) is 5.37. The van der Waals surface area contributed by atoms with Crippen molar-refractivity contribution in [2.24, 2.45) is 0 Å². The largest absolute Gasteiger partial charge is 0.310 e. The molecule has 0 radical (unpaired) electrons. The summed E-state index contributed by atoms with van der Waals surface area (Å²) in [4.78, 5) is 12.9. The van der Waals surface area contributed by atoms with Crippen LogP contribution in [0, 0.1) is 44.8 Å². The Bertz CT molecular complexity index is 1430. The van der Waals surface area contributed by atoms with Gasteiger partial charge in [-0.25, -0.2) is 4.39 Å². The second-order valence-electron chi connectivity index (χ2n) is 7.84. The van der Waals surface area contributed by atoms with E-state index in [1.165, 1.54) is 23.9 Å². The van der Waals surface area contributed by atoms with Crippen molar-refractivity contribution in [3.05, 3.63) is 76.2 Å². The van der Waals surface area contributed by atoms with Gasteiger partial charge in [-0.1, -0.05) is 23.9 Å². The highest BCUT2D eigenvalue weighted by Gasteiger charge is 2.21. The maximum absolute atomic E-state index is 13.9. The van der Waals surface area contributed by atoms with Crippen molar-refractivity contribution in [3.63, 3.8) is 0 Å². The number of hydrogen-bond donors (Lipinski definition) is 1. The van der Waals surface area contributed by atoms with Crippen LogP contribution < -0.4 is 5.32 Å². The standard InChI is InChI=1S/C24H22FN7OS/c1-14-8-9-20(10-15(14)2)32-24(28-29-30-32)34-13-22(33)27-23-21(12-26)16(3)17(4)31(23)19-7-5-6-18(25)11-19/h5-11H,13H2,1-4H3,(H,27,33). The van der Waals surface area contributed by atoms with Crippen LogP contribution in [-0.2, 0) is 4.79 Å². The highest BCUT2D eigenvalue weighted by Crippen LogP contribution is 2.30. The molecule has 0 unspecified atom stereocenters. The van der Waals surface area contributed by atoms with E-state index < -0.39 is 5.82 Å². The number of nitrogens with one attached hydrogen (secondary N) is 1. The SMILES string of the molecule is Cc1ccc(-n2nnnc2SCC(=O)Nc2c(C#N)c(C)c(C)n2-c2cccc(F)c2)cc1C. The van der Waals surface area contributed by atoms with E-state index in [-0.39, 0.29) is 11.7 Å². The Morgan fingerprint density at radius 3 is 2.62 bits per heavy atom. The molecule has 4 rings (SSSR count). The first-order valence-electron chi connectivity index (χ1n) is 10.5. The van der Waals surface area contributed by atoms with Gasteiger partial charge < -0.3 is 5.32 Å². The Morgan fingerprint density at radius 1 is 1.12 bits per heavy atom. The fourth-order valence-corrected chi connectivity index (χ4v) is 4.28. The second kappa shape index (κ2) is 9.49. The summed E-state index contributed by atoms with van der Waals surface area (Å²) in [6, 6.07) is 14.0. The van der Waals surface area contributed by atoms with Gasteiger partial charge in [-0.2, -0.15) is 9.94 Å². The first-order chi connectivity index (χ1) is 16.3. The second-order valence-corrected chi connectivity index (χ2v) is 8.78. The number of amides is 1. The number of tetrazole rings is 1. The summed E-state index contributed by atoms with van der Waals surface area (Å²) in [5.74, 6) is -0.427. The van der Waals surface area contributed by atoms with Crippen molar-refractivity contribution in [1.29, 1.82) is 5.26 Å². The highest BCUT2D eigenvalue weighted by atomic mass is 32.2. The van der Waals surface area contributed by atoms with E-state index in [1.54, 1.807) is 28.3 Å². The summed E-state index contributed by atoms with van der Waals surface area (Å²) in [6.45, 7) is 7.65. The molecular formula is C24H22FN7OS. The van der Waals surface area contributed by atoms with E-state index in [4.69, 9.17) is 0 Å². The van der Waals surface area contributed by atoms with Gasteiger partial charge in [-0.05, 0) is 85.1 Å². The van der Waals surface area contributed by atoms with Gasteiger partial charge in [0.1, 0.15) is 17.7 Å². The van der Waals surface area contributed by atoms with Crippen molar-refractivity contribution in [3.8, 4) is 17.4 Å². The third-order valence-corrected chi connectivity index (χ3v) is 6.58. The predicted octanol–water partition coefficient (Wildman–Crippen LogP) is 4.43. The molecule has 8 nitrogen and oxygen atoms in total. The van der Waals surface area contributed by atoms with Gasteiger partial charge in [0.25, 0.3) is 0 Å². The average Bonchev–Trinajstić information content (AvgIpc) is 3.37. The van der Waals surface area contributed by atoms with Crippen LogP contribution in [0.15, 0.2) is 47.6 Å². The van der Waals surface area contributed by atoms with Gasteiger partial charge in [-0.3, -0.25) is 9.36 Å². The fraction of sp³-hybridized carbons (Fsp3) is 0.208.